The number of anilines is 2. The summed E-state index contributed by atoms with van der Waals surface area (Å²) in [5, 5.41) is 2.94. The first-order valence-corrected chi connectivity index (χ1v) is 8.09. The van der Waals surface area contributed by atoms with Gasteiger partial charge in [-0.2, -0.15) is 0 Å². The highest BCUT2D eigenvalue weighted by atomic mass is 16.5. The number of amides is 1. The van der Waals surface area contributed by atoms with E-state index < -0.39 is 0 Å². The van der Waals surface area contributed by atoms with Gasteiger partial charge in [-0.15, -0.1) is 0 Å². The first kappa shape index (κ1) is 15.6. The summed E-state index contributed by atoms with van der Waals surface area (Å²) < 4.78 is 5.36. The molecule has 3 rings (SSSR count). The van der Waals surface area contributed by atoms with E-state index in [9.17, 15) is 4.79 Å². The van der Waals surface area contributed by atoms with Gasteiger partial charge in [-0.25, -0.2) is 0 Å². The fraction of sp³-hybridized carbons (Fsp3) is 0.316. The summed E-state index contributed by atoms with van der Waals surface area (Å²) in [6.45, 7) is 5.43. The van der Waals surface area contributed by atoms with Crippen LogP contribution in [0.15, 0.2) is 48.5 Å². The number of carbonyl (C=O) groups is 1. The lowest BCUT2D eigenvalue weighted by molar-refractivity contribution is 0.102. The molecule has 1 fully saturated rings. The Bertz CT molecular complexity index is 644. The van der Waals surface area contributed by atoms with Gasteiger partial charge in [0.2, 0.25) is 0 Å². The molecule has 0 unspecified atom stereocenters. The number of aryl methyl sites for hydroxylation is 1. The van der Waals surface area contributed by atoms with Crippen molar-refractivity contribution in [2.24, 2.45) is 0 Å². The molecule has 0 spiro atoms. The first-order valence-electron chi connectivity index (χ1n) is 8.09. The van der Waals surface area contributed by atoms with Crippen LogP contribution in [-0.2, 0) is 11.2 Å². The van der Waals surface area contributed by atoms with Crippen LogP contribution < -0.4 is 10.2 Å². The van der Waals surface area contributed by atoms with Crippen LogP contribution in [0.25, 0.3) is 0 Å². The number of rotatable bonds is 4. The molecule has 1 heterocycles. The van der Waals surface area contributed by atoms with Crippen molar-refractivity contribution in [3.05, 3.63) is 59.7 Å². The molecule has 0 saturated carbocycles. The van der Waals surface area contributed by atoms with Crippen LogP contribution in [0, 0.1) is 0 Å². The summed E-state index contributed by atoms with van der Waals surface area (Å²) in [6.07, 6.45) is 0.997. The summed E-state index contributed by atoms with van der Waals surface area (Å²) in [5.41, 5.74) is 3.89. The average molecular weight is 310 g/mol. The lowest BCUT2D eigenvalue weighted by Crippen LogP contribution is -2.36. The molecule has 0 aliphatic carbocycles. The molecule has 0 bridgehead atoms. The fourth-order valence-electron chi connectivity index (χ4n) is 2.67. The second kappa shape index (κ2) is 7.29. The van der Waals surface area contributed by atoms with E-state index in [1.807, 2.05) is 48.5 Å². The molecule has 1 aliphatic rings. The van der Waals surface area contributed by atoms with Crippen molar-refractivity contribution in [1.82, 2.24) is 0 Å². The topological polar surface area (TPSA) is 41.6 Å². The van der Waals surface area contributed by atoms with Crippen LogP contribution in [0.5, 0.6) is 0 Å². The molecule has 1 N–H and O–H groups in total. The molecule has 0 radical (unpaired) electrons. The Morgan fingerprint density at radius 2 is 1.70 bits per heavy atom. The monoisotopic (exact) mass is 310 g/mol. The van der Waals surface area contributed by atoms with Crippen LogP contribution in [0.3, 0.4) is 0 Å². The van der Waals surface area contributed by atoms with E-state index in [0.717, 1.165) is 44.1 Å². The van der Waals surface area contributed by atoms with E-state index in [2.05, 4.69) is 17.1 Å². The van der Waals surface area contributed by atoms with Crippen molar-refractivity contribution in [2.45, 2.75) is 13.3 Å². The first-order chi connectivity index (χ1) is 11.3. The van der Waals surface area contributed by atoms with E-state index >= 15 is 0 Å². The van der Waals surface area contributed by atoms with Crippen LogP contribution in [0.2, 0.25) is 0 Å². The standard InChI is InChI=1S/C19H22N2O2/c1-2-15-3-7-17(8-4-15)20-19(22)16-5-9-18(10-6-16)21-11-13-23-14-12-21/h3-10H,2,11-14H2,1H3,(H,20,22). The fourth-order valence-corrected chi connectivity index (χ4v) is 2.67. The molecule has 2 aromatic rings. The molecule has 1 saturated heterocycles. The normalized spacial score (nSPS) is 14.6. The van der Waals surface area contributed by atoms with Gasteiger partial charge in [0.05, 0.1) is 13.2 Å². The zero-order chi connectivity index (χ0) is 16.1. The largest absolute Gasteiger partial charge is 0.378 e. The summed E-state index contributed by atoms with van der Waals surface area (Å²) in [7, 11) is 0. The SMILES string of the molecule is CCc1ccc(NC(=O)c2ccc(N3CCOCC3)cc2)cc1. The molecule has 4 heteroatoms. The van der Waals surface area contributed by atoms with Gasteiger partial charge >= 0.3 is 0 Å². The Morgan fingerprint density at radius 1 is 1.04 bits per heavy atom. The van der Waals surface area contributed by atoms with E-state index in [0.29, 0.717) is 5.56 Å². The molecule has 23 heavy (non-hydrogen) atoms. The van der Waals surface area contributed by atoms with E-state index in [1.165, 1.54) is 5.56 Å². The van der Waals surface area contributed by atoms with Crippen molar-refractivity contribution in [2.75, 3.05) is 36.5 Å². The number of hydrogen-bond acceptors (Lipinski definition) is 3. The molecule has 4 nitrogen and oxygen atoms in total. The van der Waals surface area contributed by atoms with Gasteiger partial charge in [-0.1, -0.05) is 19.1 Å². The van der Waals surface area contributed by atoms with Crippen LogP contribution in [0.4, 0.5) is 11.4 Å². The number of carbonyl (C=O) groups excluding carboxylic acids is 1. The Hall–Kier alpha value is -2.33. The highest BCUT2D eigenvalue weighted by Crippen LogP contribution is 2.18. The van der Waals surface area contributed by atoms with Gasteiger partial charge < -0.3 is 15.0 Å². The molecule has 2 aromatic carbocycles. The van der Waals surface area contributed by atoms with Crippen molar-refractivity contribution in [3.63, 3.8) is 0 Å². The molecule has 120 valence electrons. The zero-order valence-electron chi connectivity index (χ0n) is 13.4. The highest BCUT2D eigenvalue weighted by Gasteiger charge is 2.12. The Morgan fingerprint density at radius 3 is 2.30 bits per heavy atom. The second-order valence-corrected chi connectivity index (χ2v) is 5.65. The van der Waals surface area contributed by atoms with Gasteiger partial charge in [-0.3, -0.25) is 4.79 Å². The Balaban J connectivity index is 1.64. The van der Waals surface area contributed by atoms with Crippen LogP contribution in [-0.4, -0.2) is 32.2 Å². The molecule has 1 aliphatic heterocycles. The van der Waals surface area contributed by atoms with Crippen molar-refractivity contribution in [1.29, 1.82) is 0 Å². The minimum atomic E-state index is -0.0808. The van der Waals surface area contributed by atoms with Gasteiger partial charge in [0.1, 0.15) is 0 Å². The lowest BCUT2D eigenvalue weighted by Gasteiger charge is -2.28. The van der Waals surface area contributed by atoms with Gasteiger partial charge in [-0.05, 0) is 48.4 Å². The third-order valence-electron chi connectivity index (χ3n) is 4.13. The molecule has 0 aromatic heterocycles. The minimum Gasteiger partial charge on any atom is -0.378 e. The van der Waals surface area contributed by atoms with Gasteiger partial charge in [0.15, 0.2) is 0 Å². The summed E-state index contributed by atoms with van der Waals surface area (Å²) in [5.74, 6) is -0.0808. The highest BCUT2D eigenvalue weighted by molar-refractivity contribution is 6.04. The maximum absolute atomic E-state index is 12.3. The number of morpholine rings is 1. The summed E-state index contributed by atoms with van der Waals surface area (Å²) >= 11 is 0. The van der Waals surface area contributed by atoms with E-state index in [4.69, 9.17) is 4.74 Å². The Kier molecular flexibility index (Phi) is 4.93. The molecule has 1 amide bonds. The van der Waals surface area contributed by atoms with Gasteiger partial charge in [0.25, 0.3) is 5.91 Å². The third kappa shape index (κ3) is 3.90. The quantitative estimate of drug-likeness (QED) is 0.942. The van der Waals surface area contributed by atoms with Crippen molar-refractivity contribution < 1.29 is 9.53 Å². The summed E-state index contributed by atoms with van der Waals surface area (Å²) in [4.78, 5) is 14.6. The number of ether oxygens (including phenoxy) is 1. The molecular formula is C19H22N2O2. The number of benzene rings is 2. The molecular weight excluding hydrogens is 288 g/mol. The maximum atomic E-state index is 12.3. The molecule has 0 atom stereocenters. The van der Waals surface area contributed by atoms with Crippen LogP contribution >= 0.6 is 0 Å². The zero-order valence-corrected chi connectivity index (χ0v) is 13.4. The van der Waals surface area contributed by atoms with Gasteiger partial charge in [0, 0.05) is 30.0 Å². The van der Waals surface area contributed by atoms with E-state index in [1.54, 1.807) is 0 Å². The van der Waals surface area contributed by atoms with Crippen molar-refractivity contribution >= 4 is 17.3 Å². The van der Waals surface area contributed by atoms with E-state index in [-0.39, 0.29) is 5.91 Å². The predicted molar refractivity (Wildman–Crippen MR) is 93.2 cm³/mol. The lowest BCUT2D eigenvalue weighted by atomic mass is 10.1. The third-order valence-corrected chi connectivity index (χ3v) is 4.13. The number of nitrogens with zero attached hydrogens (tertiary/aromatic N) is 1. The number of hydrogen-bond donors (Lipinski definition) is 1. The average Bonchev–Trinajstić information content (AvgIpc) is 2.63. The predicted octanol–water partition coefficient (Wildman–Crippen LogP) is 3.34. The second-order valence-electron chi connectivity index (χ2n) is 5.65. The number of nitrogens with one attached hydrogen (secondary N) is 1. The maximum Gasteiger partial charge on any atom is 0.255 e. The minimum absolute atomic E-state index is 0.0808. The van der Waals surface area contributed by atoms with Crippen LogP contribution in [0.1, 0.15) is 22.8 Å². The summed E-state index contributed by atoms with van der Waals surface area (Å²) in [6, 6.07) is 15.7. The van der Waals surface area contributed by atoms with Crippen molar-refractivity contribution in [3.8, 4) is 0 Å². The Labute approximate surface area is 137 Å². The smallest absolute Gasteiger partial charge is 0.255 e.